The van der Waals surface area contributed by atoms with E-state index in [-0.39, 0.29) is 0 Å². The van der Waals surface area contributed by atoms with E-state index in [1.165, 1.54) is 58.0 Å². The van der Waals surface area contributed by atoms with E-state index in [2.05, 4.69) is 36.0 Å². The molecule has 0 amide bonds. The molecule has 5 rings (SSSR count). The normalized spacial score (nSPS) is 23.3. The largest absolute Gasteiger partial charge is 0.355 e. The van der Waals surface area contributed by atoms with Crippen molar-refractivity contribution in [2.75, 3.05) is 31.1 Å². The standard InChI is InChI=1S/C21H28N6/c1-2-17(3-1)26-12-6-21(7-13-26)8-14-27(15-9-21)20-5-4-18(24-25-20)19-16-22-10-11-23-19/h4-5,10-11,16-17H,1-3,6-9,12-15H2. The minimum atomic E-state index is 0.573. The van der Waals surface area contributed by atoms with Gasteiger partial charge in [-0.15, -0.1) is 10.2 Å². The average Bonchev–Trinajstić information content (AvgIpc) is 2.70. The second kappa shape index (κ2) is 7.15. The van der Waals surface area contributed by atoms with E-state index in [1.807, 2.05) is 6.07 Å². The molecule has 6 heteroatoms. The molecule has 2 aliphatic heterocycles. The van der Waals surface area contributed by atoms with Crippen LogP contribution in [0.15, 0.2) is 30.7 Å². The highest BCUT2D eigenvalue weighted by atomic mass is 15.3. The zero-order chi connectivity index (χ0) is 18.1. The summed E-state index contributed by atoms with van der Waals surface area (Å²) < 4.78 is 0. The van der Waals surface area contributed by atoms with Crippen LogP contribution in [0.3, 0.4) is 0 Å². The van der Waals surface area contributed by atoms with Gasteiger partial charge in [-0.2, -0.15) is 0 Å². The molecule has 4 heterocycles. The Balaban J connectivity index is 1.18. The van der Waals surface area contributed by atoms with Crippen LogP contribution in [0.4, 0.5) is 5.82 Å². The Morgan fingerprint density at radius 3 is 2.22 bits per heavy atom. The van der Waals surface area contributed by atoms with Crippen molar-refractivity contribution in [3.05, 3.63) is 30.7 Å². The Labute approximate surface area is 161 Å². The molecule has 3 aliphatic rings. The predicted molar refractivity (Wildman–Crippen MR) is 105 cm³/mol. The number of nitrogens with zero attached hydrogens (tertiary/aromatic N) is 6. The molecule has 0 aromatic carbocycles. The van der Waals surface area contributed by atoms with E-state index in [0.717, 1.165) is 36.3 Å². The Morgan fingerprint density at radius 1 is 0.852 bits per heavy atom. The molecule has 0 radical (unpaired) electrons. The molecule has 27 heavy (non-hydrogen) atoms. The van der Waals surface area contributed by atoms with E-state index in [1.54, 1.807) is 18.6 Å². The Morgan fingerprint density at radius 2 is 1.63 bits per heavy atom. The Bertz CT molecular complexity index is 740. The minimum absolute atomic E-state index is 0.573. The van der Waals surface area contributed by atoms with Gasteiger partial charge in [-0.05, 0) is 69.2 Å². The van der Waals surface area contributed by atoms with Gasteiger partial charge in [-0.3, -0.25) is 9.97 Å². The van der Waals surface area contributed by atoms with Crippen LogP contribution in [0.25, 0.3) is 11.4 Å². The van der Waals surface area contributed by atoms with E-state index in [4.69, 9.17) is 0 Å². The van der Waals surface area contributed by atoms with Crippen molar-refractivity contribution in [3.8, 4) is 11.4 Å². The smallest absolute Gasteiger partial charge is 0.151 e. The lowest BCUT2D eigenvalue weighted by atomic mass is 9.70. The lowest BCUT2D eigenvalue weighted by Crippen LogP contribution is -2.51. The van der Waals surface area contributed by atoms with Gasteiger partial charge in [0, 0.05) is 31.5 Å². The van der Waals surface area contributed by atoms with Gasteiger partial charge in [0.2, 0.25) is 0 Å². The zero-order valence-electron chi connectivity index (χ0n) is 15.9. The maximum atomic E-state index is 4.47. The molecular formula is C21H28N6. The van der Waals surface area contributed by atoms with Crippen LogP contribution in [-0.4, -0.2) is 57.3 Å². The molecular weight excluding hydrogens is 336 g/mol. The molecule has 0 unspecified atom stereocenters. The van der Waals surface area contributed by atoms with E-state index >= 15 is 0 Å². The molecule has 1 spiro atoms. The van der Waals surface area contributed by atoms with Crippen LogP contribution in [0.5, 0.6) is 0 Å². The van der Waals surface area contributed by atoms with Crippen LogP contribution in [0, 0.1) is 5.41 Å². The van der Waals surface area contributed by atoms with Gasteiger partial charge in [-0.1, -0.05) is 6.42 Å². The van der Waals surface area contributed by atoms with Crippen molar-refractivity contribution in [1.29, 1.82) is 0 Å². The first-order valence-electron chi connectivity index (χ1n) is 10.4. The minimum Gasteiger partial charge on any atom is -0.355 e. The molecule has 2 aromatic heterocycles. The maximum Gasteiger partial charge on any atom is 0.151 e. The van der Waals surface area contributed by atoms with E-state index < -0.39 is 0 Å². The lowest BCUT2D eigenvalue weighted by Gasteiger charge is -2.50. The topological polar surface area (TPSA) is 58.0 Å². The Kier molecular flexibility index (Phi) is 4.52. The van der Waals surface area contributed by atoms with Gasteiger partial charge in [0.05, 0.1) is 6.20 Å². The van der Waals surface area contributed by atoms with Gasteiger partial charge in [-0.25, -0.2) is 0 Å². The van der Waals surface area contributed by atoms with E-state index in [9.17, 15) is 0 Å². The number of anilines is 1. The lowest BCUT2D eigenvalue weighted by molar-refractivity contribution is 0.0305. The SMILES string of the molecule is c1cnc(-c2ccc(N3CCC4(CC3)CCN(C3CCC3)CC4)nn2)cn1. The molecule has 0 bridgehead atoms. The van der Waals surface area contributed by atoms with Crippen LogP contribution >= 0.6 is 0 Å². The maximum absolute atomic E-state index is 4.47. The van der Waals surface area contributed by atoms with Crippen LogP contribution in [0.2, 0.25) is 0 Å². The summed E-state index contributed by atoms with van der Waals surface area (Å²) in [5.41, 5.74) is 2.13. The first-order chi connectivity index (χ1) is 13.3. The summed E-state index contributed by atoms with van der Waals surface area (Å²) in [6.45, 7) is 4.83. The molecule has 6 nitrogen and oxygen atoms in total. The fourth-order valence-corrected chi connectivity index (χ4v) is 4.89. The van der Waals surface area contributed by atoms with Gasteiger partial charge >= 0.3 is 0 Å². The Hall–Kier alpha value is -2.08. The second-order valence-corrected chi connectivity index (χ2v) is 8.48. The van der Waals surface area contributed by atoms with Gasteiger partial charge in [0.15, 0.2) is 5.82 Å². The van der Waals surface area contributed by atoms with Crippen molar-refractivity contribution in [3.63, 3.8) is 0 Å². The molecule has 1 aliphatic carbocycles. The molecule has 142 valence electrons. The summed E-state index contributed by atoms with van der Waals surface area (Å²) in [6, 6.07) is 4.99. The first kappa shape index (κ1) is 17.0. The number of hydrogen-bond donors (Lipinski definition) is 0. The summed E-state index contributed by atoms with van der Waals surface area (Å²) in [7, 11) is 0. The highest BCUT2D eigenvalue weighted by Gasteiger charge is 2.39. The van der Waals surface area contributed by atoms with Crippen LogP contribution < -0.4 is 4.90 Å². The number of rotatable bonds is 3. The quantitative estimate of drug-likeness (QED) is 0.834. The highest BCUT2D eigenvalue weighted by molar-refractivity contribution is 5.53. The van der Waals surface area contributed by atoms with Crippen LogP contribution in [-0.2, 0) is 0 Å². The van der Waals surface area contributed by atoms with Crippen molar-refractivity contribution in [1.82, 2.24) is 25.1 Å². The van der Waals surface area contributed by atoms with Crippen molar-refractivity contribution in [2.24, 2.45) is 5.41 Å². The first-order valence-corrected chi connectivity index (χ1v) is 10.4. The molecule has 1 saturated carbocycles. The summed E-state index contributed by atoms with van der Waals surface area (Å²) in [4.78, 5) is 13.6. The fraction of sp³-hybridized carbons (Fsp3) is 0.619. The number of hydrogen-bond acceptors (Lipinski definition) is 6. The zero-order valence-corrected chi connectivity index (χ0v) is 15.9. The summed E-state index contributed by atoms with van der Waals surface area (Å²) in [6.07, 6.45) is 14.7. The molecule has 2 saturated heterocycles. The third-order valence-electron chi connectivity index (χ3n) is 7.07. The molecule has 0 N–H and O–H groups in total. The number of aromatic nitrogens is 4. The van der Waals surface area contributed by atoms with Crippen molar-refractivity contribution in [2.45, 2.75) is 51.0 Å². The van der Waals surface area contributed by atoms with Gasteiger partial charge < -0.3 is 9.80 Å². The average molecular weight is 364 g/mol. The summed E-state index contributed by atoms with van der Waals surface area (Å²) in [5.74, 6) is 0.990. The van der Waals surface area contributed by atoms with E-state index in [0.29, 0.717) is 5.41 Å². The monoisotopic (exact) mass is 364 g/mol. The molecule has 3 fully saturated rings. The molecule has 0 atom stereocenters. The van der Waals surface area contributed by atoms with Gasteiger partial charge in [0.25, 0.3) is 0 Å². The van der Waals surface area contributed by atoms with Crippen molar-refractivity contribution < 1.29 is 0 Å². The highest BCUT2D eigenvalue weighted by Crippen LogP contribution is 2.43. The predicted octanol–water partition coefficient (Wildman–Crippen LogP) is 3.17. The second-order valence-electron chi connectivity index (χ2n) is 8.48. The molecule has 2 aromatic rings. The van der Waals surface area contributed by atoms with Gasteiger partial charge in [0.1, 0.15) is 11.4 Å². The fourth-order valence-electron chi connectivity index (χ4n) is 4.89. The summed E-state index contributed by atoms with van der Waals surface area (Å²) in [5, 5.41) is 8.84. The number of piperidine rings is 2. The summed E-state index contributed by atoms with van der Waals surface area (Å²) >= 11 is 0. The van der Waals surface area contributed by atoms with Crippen LogP contribution in [0.1, 0.15) is 44.9 Å². The van der Waals surface area contributed by atoms with Crippen molar-refractivity contribution >= 4 is 5.82 Å². The third kappa shape index (κ3) is 3.43. The third-order valence-corrected chi connectivity index (χ3v) is 7.07. The number of likely N-dealkylation sites (tertiary alicyclic amines) is 1.